The molecule has 0 bridgehead atoms. The van der Waals surface area contributed by atoms with Crippen molar-refractivity contribution >= 4 is 29.1 Å². The van der Waals surface area contributed by atoms with Crippen LogP contribution in [0.2, 0.25) is 0 Å². The van der Waals surface area contributed by atoms with Gasteiger partial charge in [-0.25, -0.2) is 0 Å². The van der Waals surface area contributed by atoms with Crippen LogP contribution in [-0.4, -0.2) is 17.4 Å². The minimum absolute atomic E-state index is 0.0808. The third-order valence-corrected chi connectivity index (χ3v) is 3.82. The van der Waals surface area contributed by atoms with Gasteiger partial charge in [0, 0.05) is 36.2 Å². The summed E-state index contributed by atoms with van der Waals surface area (Å²) in [5, 5.41) is 2.74. The van der Waals surface area contributed by atoms with Crippen molar-refractivity contribution in [2.24, 2.45) is 0 Å². The van der Waals surface area contributed by atoms with Crippen LogP contribution in [0.15, 0.2) is 17.0 Å². The van der Waals surface area contributed by atoms with Crippen molar-refractivity contribution in [1.29, 1.82) is 0 Å². The Morgan fingerprint density at radius 3 is 3.00 bits per heavy atom. The van der Waals surface area contributed by atoms with Gasteiger partial charge in [-0.05, 0) is 11.6 Å². The Labute approximate surface area is 104 Å². The van der Waals surface area contributed by atoms with Crippen molar-refractivity contribution < 1.29 is 9.59 Å². The number of carbonyl (C=O) groups is 2. The van der Waals surface area contributed by atoms with Crippen molar-refractivity contribution in [3.05, 3.63) is 23.3 Å². The molecule has 90 valence electrons. The predicted octanol–water partition coefficient (Wildman–Crippen LogP) is 1.58. The third kappa shape index (κ3) is 2.44. The molecular formula is C12H14N2O2S. The molecule has 5 heteroatoms. The first-order chi connectivity index (χ1) is 8.09. The van der Waals surface area contributed by atoms with Crippen molar-refractivity contribution in [1.82, 2.24) is 5.32 Å². The minimum atomic E-state index is -0.0808. The van der Waals surface area contributed by atoms with Crippen LogP contribution in [0.3, 0.4) is 0 Å². The summed E-state index contributed by atoms with van der Waals surface area (Å²) in [6, 6.07) is 3.61. The Hall–Kier alpha value is -1.49. The molecule has 0 spiro atoms. The number of anilines is 1. The second-order valence-corrected chi connectivity index (χ2v) is 5.05. The van der Waals surface area contributed by atoms with E-state index in [1.807, 2.05) is 6.07 Å². The third-order valence-electron chi connectivity index (χ3n) is 2.65. The molecule has 1 heterocycles. The fourth-order valence-electron chi connectivity index (χ4n) is 1.82. The number of nitrogens with one attached hydrogen (secondary N) is 1. The molecule has 0 fully saturated rings. The summed E-state index contributed by atoms with van der Waals surface area (Å²) in [6.45, 7) is 1.92. The average Bonchev–Trinajstić information content (AvgIpc) is 2.28. The van der Waals surface area contributed by atoms with Gasteiger partial charge in [-0.15, -0.1) is 11.8 Å². The van der Waals surface area contributed by atoms with Gasteiger partial charge in [0.2, 0.25) is 5.91 Å². The van der Waals surface area contributed by atoms with Crippen molar-refractivity contribution in [2.75, 3.05) is 11.5 Å². The van der Waals surface area contributed by atoms with Gasteiger partial charge in [-0.3, -0.25) is 9.59 Å². The van der Waals surface area contributed by atoms with Crippen LogP contribution in [0.25, 0.3) is 0 Å². The molecule has 4 nitrogen and oxygen atoms in total. The van der Waals surface area contributed by atoms with Crippen LogP contribution in [0.1, 0.15) is 29.3 Å². The number of ketones is 1. The lowest BCUT2D eigenvalue weighted by atomic mass is 10.0. The van der Waals surface area contributed by atoms with Crippen molar-refractivity contribution in [3.8, 4) is 0 Å². The van der Waals surface area contributed by atoms with E-state index in [9.17, 15) is 9.59 Å². The van der Waals surface area contributed by atoms with E-state index < -0.39 is 0 Å². The van der Waals surface area contributed by atoms with Crippen LogP contribution in [-0.2, 0) is 11.3 Å². The van der Waals surface area contributed by atoms with E-state index in [0.29, 0.717) is 24.2 Å². The van der Waals surface area contributed by atoms with Crippen LogP contribution in [0, 0.1) is 0 Å². The molecule has 17 heavy (non-hydrogen) atoms. The first-order valence-electron chi connectivity index (χ1n) is 5.41. The largest absolute Gasteiger partial charge is 0.398 e. The summed E-state index contributed by atoms with van der Waals surface area (Å²) in [5.41, 5.74) is 7.96. The maximum atomic E-state index is 11.8. The molecule has 0 radical (unpaired) electrons. The van der Waals surface area contributed by atoms with Gasteiger partial charge in [0.15, 0.2) is 5.78 Å². The molecule has 1 aromatic carbocycles. The summed E-state index contributed by atoms with van der Waals surface area (Å²) in [7, 11) is 0. The number of benzene rings is 1. The number of rotatable bonds is 2. The van der Waals surface area contributed by atoms with Crippen LogP contribution < -0.4 is 11.1 Å². The molecule has 0 aromatic heterocycles. The normalized spacial score (nSPS) is 14.3. The van der Waals surface area contributed by atoms with Gasteiger partial charge in [0.1, 0.15) is 0 Å². The molecule has 1 aliphatic heterocycles. The molecule has 0 unspecified atom stereocenters. The highest BCUT2D eigenvalue weighted by molar-refractivity contribution is 7.99. The monoisotopic (exact) mass is 250 g/mol. The molecule has 3 N–H and O–H groups in total. The highest BCUT2D eigenvalue weighted by Gasteiger charge is 2.22. The van der Waals surface area contributed by atoms with E-state index >= 15 is 0 Å². The number of nitrogen functional groups attached to an aromatic ring is 1. The lowest BCUT2D eigenvalue weighted by Gasteiger charge is -2.19. The molecule has 1 aromatic rings. The maximum Gasteiger partial charge on any atom is 0.217 e. The zero-order chi connectivity index (χ0) is 12.4. The summed E-state index contributed by atoms with van der Waals surface area (Å²) in [6.07, 6.45) is 0.533. The number of amides is 1. The Morgan fingerprint density at radius 1 is 1.53 bits per heavy atom. The van der Waals surface area contributed by atoms with Gasteiger partial charge in [0.25, 0.3) is 0 Å². The Morgan fingerprint density at radius 2 is 2.29 bits per heavy atom. The van der Waals surface area contributed by atoms with Crippen LogP contribution in [0.4, 0.5) is 5.69 Å². The topological polar surface area (TPSA) is 72.2 Å². The Bertz CT molecular complexity index is 486. The second-order valence-electron chi connectivity index (χ2n) is 3.95. The zero-order valence-electron chi connectivity index (χ0n) is 9.58. The summed E-state index contributed by atoms with van der Waals surface area (Å²) in [5.74, 6) is 0.797. The number of hydrogen-bond donors (Lipinski definition) is 2. The number of fused-ring (bicyclic) bond motifs is 1. The van der Waals surface area contributed by atoms with Gasteiger partial charge in [0.05, 0.1) is 5.56 Å². The Balaban J connectivity index is 2.38. The van der Waals surface area contributed by atoms with E-state index in [0.717, 1.165) is 16.2 Å². The molecule has 1 amide bonds. The Kier molecular flexibility index (Phi) is 3.38. The van der Waals surface area contributed by atoms with Crippen molar-refractivity contribution in [3.63, 3.8) is 0 Å². The average molecular weight is 250 g/mol. The molecule has 1 aliphatic rings. The highest BCUT2D eigenvalue weighted by Crippen LogP contribution is 2.36. The highest BCUT2D eigenvalue weighted by atomic mass is 32.2. The fraction of sp³-hybridized carbons (Fsp3) is 0.333. The van der Waals surface area contributed by atoms with E-state index in [4.69, 9.17) is 5.73 Å². The number of nitrogens with two attached hydrogens (primary N) is 1. The van der Waals surface area contributed by atoms with Gasteiger partial charge in [-0.1, -0.05) is 6.07 Å². The van der Waals surface area contributed by atoms with E-state index in [1.165, 1.54) is 6.92 Å². The standard InChI is InChI=1S/C12H14N2O2S/c1-7(15)14-6-8-2-3-9(13)11-10(16)4-5-17-12(8)11/h2-3H,4-6,13H2,1H3,(H,14,15). The molecular weight excluding hydrogens is 236 g/mol. The molecule has 0 aliphatic carbocycles. The molecule has 2 rings (SSSR count). The summed E-state index contributed by atoms with van der Waals surface area (Å²) < 4.78 is 0. The lowest BCUT2D eigenvalue weighted by molar-refractivity contribution is -0.119. The summed E-state index contributed by atoms with van der Waals surface area (Å²) >= 11 is 1.63. The molecule has 0 saturated carbocycles. The number of hydrogen-bond acceptors (Lipinski definition) is 4. The fourth-order valence-corrected chi connectivity index (χ4v) is 3.02. The van der Waals surface area contributed by atoms with E-state index in [2.05, 4.69) is 5.32 Å². The smallest absolute Gasteiger partial charge is 0.217 e. The lowest BCUT2D eigenvalue weighted by Crippen LogP contribution is -2.21. The van der Waals surface area contributed by atoms with Gasteiger partial charge >= 0.3 is 0 Å². The number of thioether (sulfide) groups is 1. The summed E-state index contributed by atoms with van der Waals surface area (Å²) in [4.78, 5) is 23.6. The minimum Gasteiger partial charge on any atom is -0.398 e. The number of carbonyl (C=O) groups excluding carboxylic acids is 2. The predicted molar refractivity (Wildman–Crippen MR) is 68.0 cm³/mol. The van der Waals surface area contributed by atoms with Gasteiger partial charge < -0.3 is 11.1 Å². The van der Waals surface area contributed by atoms with E-state index in [-0.39, 0.29) is 11.7 Å². The van der Waals surface area contributed by atoms with Crippen molar-refractivity contribution in [2.45, 2.75) is 24.8 Å². The number of Topliss-reactive ketones (excluding diaryl/α,β-unsaturated/α-hetero) is 1. The zero-order valence-corrected chi connectivity index (χ0v) is 10.4. The van der Waals surface area contributed by atoms with Crippen LogP contribution >= 0.6 is 11.8 Å². The SMILES string of the molecule is CC(=O)NCc1ccc(N)c2c1SCCC2=O. The second kappa shape index (κ2) is 4.79. The molecule has 0 saturated heterocycles. The first-order valence-corrected chi connectivity index (χ1v) is 6.40. The van der Waals surface area contributed by atoms with E-state index in [1.54, 1.807) is 17.8 Å². The quantitative estimate of drug-likeness (QED) is 0.782. The first kappa shape index (κ1) is 12.0. The molecule has 0 atom stereocenters. The maximum absolute atomic E-state index is 11.8. The van der Waals surface area contributed by atoms with Crippen LogP contribution in [0.5, 0.6) is 0 Å². The van der Waals surface area contributed by atoms with Gasteiger partial charge in [-0.2, -0.15) is 0 Å².